The van der Waals surface area contributed by atoms with Gasteiger partial charge in [0.2, 0.25) is 0 Å². The summed E-state index contributed by atoms with van der Waals surface area (Å²) in [5.41, 5.74) is 0. The predicted molar refractivity (Wildman–Crippen MR) is 33.6 cm³/mol. The summed E-state index contributed by atoms with van der Waals surface area (Å²) in [5.74, 6) is 0. The molecule has 0 aromatic rings. The Morgan fingerprint density at radius 2 is 1.45 bits per heavy atom. The Morgan fingerprint density at radius 3 is 1.64 bits per heavy atom. The molecule has 0 saturated carbocycles. The van der Waals surface area contributed by atoms with Crippen LogP contribution in [0.4, 0.5) is 0 Å². The minimum absolute atomic E-state index is 0.924. The third kappa shape index (κ3) is 37.2. The molecule has 5 heteroatoms. The van der Waals surface area contributed by atoms with Crippen molar-refractivity contribution in [2.24, 2.45) is 0 Å². The zero-order chi connectivity index (χ0) is 9.11. The third-order valence-electron chi connectivity index (χ3n) is 0.697. The first-order valence-corrected chi connectivity index (χ1v) is 6.20. The maximum absolute atomic E-state index is 8.68. The van der Waals surface area contributed by atoms with Crippen molar-refractivity contribution in [1.82, 2.24) is 0 Å². The molecule has 1 N–H and O–H groups in total. The molecule has 0 fully saturated rings. The lowest BCUT2D eigenvalue weighted by Crippen LogP contribution is -3.98. The van der Waals surface area contributed by atoms with Crippen molar-refractivity contribution >= 4 is 0 Å². The Hall–Kier alpha value is 0.570. The smallest absolute Gasteiger partial charge is 0.396 e. The van der Waals surface area contributed by atoms with Gasteiger partial charge >= 0.3 is 21.1 Å². The van der Waals surface area contributed by atoms with Crippen LogP contribution >= 0.6 is 0 Å². The predicted octanol–water partition coefficient (Wildman–Crippen LogP) is -4.11. The first kappa shape index (κ1) is 14.1. The molecular formula is C6H15IO4. The molecule has 0 saturated heterocycles. The second-order valence-corrected chi connectivity index (χ2v) is 2.96. The highest BCUT2D eigenvalue weighted by atomic mass is 127. The lowest BCUT2D eigenvalue weighted by atomic mass is 10.5. The molecule has 0 aromatic heterocycles. The van der Waals surface area contributed by atoms with E-state index < -0.39 is 21.1 Å². The van der Waals surface area contributed by atoms with Crippen LogP contribution in [-0.2, 0) is 4.74 Å². The lowest BCUT2D eigenvalue weighted by molar-refractivity contribution is -1.63. The second-order valence-electron chi connectivity index (χ2n) is 1.81. The molecule has 0 amide bonds. The Labute approximate surface area is 76.2 Å². The van der Waals surface area contributed by atoms with Crippen LogP contribution in [0.15, 0.2) is 0 Å². The van der Waals surface area contributed by atoms with Crippen LogP contribution in [0.3, 0.4) is 0 Å². The molecule has 0 radical (unpaired) electrons. The highest BCUT2D eigenvalue weighted by Gasteiger charge is 1.89. The summed E-state index contributed by atoms with van der Waals surface area (Å²) in [6, 6.07) is 0. The quantitative estimate of drug-likeness (QED) is 0.419. The highest BCUT2D eigenvalue weighted by molar-refractivity contribution is 4.25. The molecule has 11 heavy (non-hydrogen) atoms. The molecule has 0 rings (SSSR count). The van der Waals surface area contributed by atoms with Crippen LogP contribution in [0.1, 0.15) is 26.7 Å². The number of hydrogen-bond donors (Lipinski definition) is 1. The van der Waals surface area contributed by atoms with E-state index >= 15 is 0 Å². The van der Waals surface area contributed by atoms with E-state index in [-0.39, 0.29) is 0 Å². The monoisotopic (exact) mass is 278 g/mol. The largest absolute Gasteiger partial charge is 0.503 e. The minimum Gasteiger partial charge on any atom is -0.396 e. The van der Waals surface area contributed by atoms with Crippen molar-refractivity contribution < 1.29 is 36.1 Å². The highest BCUT2D eigenvalue weighted by Crippen LogP contribution is 1.81. The van der Waals surface area contributed by atoms with Crippen molar-refractivity contribution in [3.63, 3.8) is 0 Å². The van der Waals surface area contributed by atoms with Crippen molar-refractivity contribution in [2.75, 3.05) is 13.2 Å². The summed E-state index contributed by atoms with van der Waals surface area (Å²) in [6.07, 6.45) is 2.28. The van der Waals surface area contributed by atoms with Crippen LogP contribution in [0.2, 0.25) is 0 Å². The lowest BCUT2D eigenvalue weighted by Gasteiger charge is -1.95. The van der Waals surface area contributed by atoms with E-state index in [1.54, 1.807) is 0 Å². The Bertz CT molecular complexity index is 53.8. The fourth-order valence-electron chi connectivity index (χ4n) is 0.391. The topological polar surface area (TPSA) is 75.6 Å². The molecule has 0 spiro atoms. The zero-order valence-corrected chi connectivity index (χ0v) is 9.04. The Balaban J connectivity index is 0. The normalized spacial score (nSPS) is 9.27. The second kappa shape index (κ2) is 13.2. The van der Waals surface area contributed by atoms with Gasteiger partial charge in [-0.25, -0.2) is 0 Å². The van der Waals surface area contributed by atoms with Crippen molar-refractivity contribution in [1.29, 1.82) is 0 Å². The van der Waals surface area contributed by atoms with Crippen molar-refractivity contribution in [2.45, 2.75) is 26.7 Å². The summed E-state index contributed by atoms with van der Waals surface area (Å²) >= 11 is -3.76. The first-order valence-electron chi connectivity index (χ1n) is 3.47. The van der Waals surface area contributed by atoms with Gasteiger partial charge in [-0.2, -0.15) is 0 Å². The van der Waals surface area contributed by atoms with Crippen LogP contribution in [0.5, 0.6) is 0 Å². The van der Waals surface area contributed by atoms with E-state index in [0.717, 1.165) is 26.1 Å². The molecule has 70 valence electrons. The minimum atomic E-state index is -3.76. The van der Waals surface area contributed by atoms with Crippen molar-refractivity contribution in [3.05, 3.63) is 0 Å². The van der Waals surface area contributed by atoms with Gasteiger partial charge in [0.15, 0.2) is 0 Å². The molecular weight excluding hydrogens is 263 g/mol. The van der Waals surface area contributed by atoms with Crippen LogP contribution < -0.4 is 27.9 Å². The molecule has 0 heterocycles. The summed E-state index contributed by atoms with van der Waals surface area (Å²) in [5, 5.41) is 0. The third-order valence-corrected chi connectivity index (χ3v) is 0.697. The average Bonchev–Trinajstić information content (AvgIpc) is 1.88. The van der Waals surface area contributed by atoms with Crippen LogP contribution in [-0.4, -0.2) is 16.6 Å². The summed E-state index contributed by atoms with van der Waals surface area (Å²) < 4.78 is 29.6. The number of halogens is 1. The fourth-order valence-corrected chi connectivity index (χ4v) is 0.391. The molecule has 0 bridgehead atoms. The van der Waals surface area contributed by atoms with Gasteiger partial charge in [-0.1, -0.05) is 13.8 Å². The van der Waals surface area contributed by atoms with Gasteiger partial charge in [0.05, 0.1) is 0 Å². The fraction of sp³-hybridized carbons (Fsp3) is 1.00. The first-order chi connectivity index (χ1) is 5.15. The van der Waals surface area contributed by atoms with Gasteiger partial charge in [-0.05, 0) is 16.3 Å². The SMILES string of the molecule is CCCOCCC.[O-][I+2]([O-])O. The number of ether oxygens (including phenoxy) is 1. The van der Waals surface area contributed by atoms with E-state index in [2.05, 4.69) is 13.8 Å². The molecule has 0 aliphatic rings. The van der Waals surface area contributed by atoms with E-state index in [9.17, 15) is 0 Å². The maximum atomic E-state index is 8.68. The van der Waals surface area contributed by atoms with Crippen molar-refractivity contribution in [3.8, 4) is 0 Å². The number of rotatable bonds is 4. The van der Waals surface area contributed by atoms with Crippen LogP contribution in [0.25, 0.3) is 0 Å². The van der Waals surface area contributed by atoms with Gasteiger partial charge in [-0.15, -0.1) is 0 Å². The Kier molecular flexibility index (Phi) is 16.9. The van der Waals surface area contributed by atoms with Gasteiger partial charge < -0.3 is 11.6 Å². The Morgan fingerprint density at radius 1 is 1.18 bits per heavy atom. The molecule has 0 unspecified atom stereocenters. The van der Waals surface area contributed by atoms with Crippen LogP contribution in [0, 0.1) is 0 Å². The average molecular weight is 278 g/mol. The standard InChI is InChI=1S/C6H14O.HIO3/c1-3-5-7-6-4-2;2-1(3)4/h3-6H2,1-2H3;2H. The molecule has 0 atom stereocenters. The summed E-state index contributed by atoms with van der Waals surface area (Å²) in [7, 11) is 0. The van der Waals surface area contributed by atoms with E-state index in [4.69, 9.17) is 15.0 Å². The van der Waals surface area contributed by atoms with Gasteiger partial charge in [0.25, 0.3) is 0 Å². The van der Waals surface area contributed by atoms with Gasteiger partial charge in [0, 0.05) is 13.2 Å². The number of hydrogen-bond acceptors (Lipinski definition) is 4. The van der Waals surface area contributed by atoms with Gasteiger partial charge in [0.1, 0.15) is 0 Å². The molecule has 4 nitrogen and oxygen atoms in total. The van der Waals surface area contributed by atoms with E-state index in [1.165, 1.54) is 0 Å². The summed E-state index contributed by atoms with van der Waals surface area (Å²) in [4.78, 5) is 0. The summed E-state index contributed by atoms with van der Waals surface area (Å²) in [6.45, 7) is 6.09. The molecule has 0 aliphatic carbocycles. The molecule has 0 aliphatic heterocycles. The zero-order valence-electron chi connectivity index (χ0n) is 6.88. The van der Waals surface area contributed by atoms with E-state index in [0.29, 0.717) is 0 Å². The van der Waals surface area contributed by atoms with Gasteiger partial charge in [-0.3, -0.25) is 0 Å². The molecule has 0 aromatic carbocycles. The maximum Gasteiger partial charge on any atom is 0.503 e. The van der Waals surface area contributed by atoms with E-state index in [1.807, 2.05) is 0 Å².